The van der Waals surface area contributed by atoms with Gasteiger partial charge >= 0.3 is 0 Å². The van der Waals surface area contributed by atoms with Crippen molar-refractivity contribution in [2.75, 3.05) is 4.31 Å². The summed E-state index contributed by atoms with van der Waals surface area (Å²) in [5.74, 6) is 0.707. The van der Waals surface area contributed by atoms with E-state index < -0.39 is 10.0 Å². The number of aromatic nitrogens is 3. The van der Waals surface area contributed by atoms with Crippen LogP contribution in [0.25, 0.3) is 5.65 Å². The first kappa shape index (κ1) is 19.4. The molecule has 6 nitrogen and oxygen atoms in total. The monoisotopic (exact) mass is 426 g/mol. The van der Waals surface area contributed by atoms with Gasteiger partial charge in [0, 0.05) is 17.6 Å². The van der Waals surface area contributed by atoms with Crippen LogP contribution in [-0.4, -0.2) is 23.0 Å². The number of nitrogens with zero attached hydrogens (tertiary/aromatic N) is 4. The third-order valence-corrected chi connectivity index (χ3v) is 6.64. The number of halogens is 1. The highest BCUT2D eigenvalue weighted by Crippen LogP contribution is 2.28. The van der Waals surface area contributed by atoms with Gasteiger partial charge in [-0.05, 0) is 42.0 Å². The van der Waals surface area contributed by atoms with E-state index in [0.717, 1.165) is 5.56 Å². The Bertz CT molecular complexity index is 1260. The maximum Gasteiger partial charge on any atom is 0.268 e. The molecule has 8 heteroatoms. The largest absolute Gasteiger partial charge is 0.285 e. The Labute approximate surface area is 174 Å². The zero-order valence-corrected chi connectivity index (χ0v) is 17.3. The van der Waals surface area contributed by atoms with Crippen molar-refractivity contribution in [2.24, 2.45) is 0 Å². The second-order valence-electron chi connectivity index (χ2n) is 6.51. The van der Waals surface area contributed by atoms with Crippen molar-refractivity contribution in [3.05, 3.63) is 89.3 Å². The molecule has 0 spiro atoms. The van der Waals surface area contributed by atoms with Gasteiger partial charge in [0.1, 0.15) is 10.7 Å². The molecular weight excluding hydrogens is 408 g/mol. The maximum absolute atomic E-state index is 13.7. The molecule has 29 heavy (non-hydrogen) atoms. The van der Waals surface area contributed by atoms with Crippen LogP contribution in [0.5, 0.6) is 0 Å². The van der Waals surface area contributed by atoms with Crippen molar-refractivity contribution in [3.63, 3.8) is 0 Å². The number of para-hydroxylation sites is 1. The summed E-state index contributed by atoms with van der Waals surface area (Å²) in [5.41, 5.74) is 1.66. The SMILES string of the molecule is CCc1nnc2c(S(=O)(=O)N(Cc3cccc(Cl)c3)c3ccccc3)cccn12. The first-order chi connectivity index (χ1) is 14.0. The summed E-state index contributed by atoms with van der Waals surface area (Å²) in [7, 11) is -3.92. The van der Waals surface area contributed by atoms with E-state index in [1.165, 1.54) is 4.31 Å². The van der Waals surface area contributed by atoms with E-state index >= 15 is 0 Å². The fourth-order valence-corrected chi connectivity index (χ4v) is 5.00. The maximum atomic E-state index is 13.7. The van der Waals surface area contributed by atoms with Crippen LogP contribution in [0.15, 0.2) is 77.8 Å². The van der Waals surface area contributed by atoms with E-state index in [4.69, 9.17) is 11.6 Å². The van der Waals surface area contributed by atoms with Gasteiger partial charge in [0.15, 0.2) is 5.65 Å². The average molecular weight is 427 g/mol. The predicted octanol–water partition coefficient (Wildman–Crippen LogP) is 4.34. The van der Waals surface area contributed by atoms with Crippen molar-refractivity contribution in [2.45, 2.75) is 24.8 Å². The lowest BCUT2D eigenvalue weighted by molar-refractivity contribution is 0.590. The number of fused-ring (bicyclic) bond motifs is 1. The molecule has 2 heterocycles. The summed E-state index contributed by atoms with van der Waals surface area (Å²) < 4.78 is 30.6. The van der Waals surface area contributed by atoms with E-state index in [-0.39, 0.29) is 11.4 Å². The number of sulfonamides is 1. The van der Waals surface area contributed by atoms with Crippen LogP contribution in [0.4, 0.5) is 5.69 Å². The topological polar surface area (TPSA) is 67.6 Å². The van der Waals surface area contributed by atoms with Crippen LogP contribution in [0.3, 0.4) is 0 Å². The fourth-order valence-electron chi connectivity index (χ4n) is 3.21. The molecular formula is C21H19ClN4O2S. The van der Waals surface area contributed by atoms with Gasteiger partial charge in [0.25, 0.3) is 10.0 Å². The van der Waals surface area contributed by atoms with Gasteiger partial charge in [-0.15, -0.1) is 10.2 Å². The lowest BCUT2D eigenvalue weighted by atomic mass is 10.2. The normalized spacial score (nSPS) is 11.7. The molecule has 0 amide bonds. The summed E-state index contributed by atoms with van der Waals surface area (Å²) >= 11 is 6.11. The van der Waals surface area contributed by atoms with E-state index in [1.807, 2.05) is 31.2 Å². The molecule has 4 aromatic rings. The smallest absolute Gasteiger partial charge is 0.268 e. The Morgan fingerprint density at radius 2 is 1.79 bits per heavy atom. The number of hydrogen-bond donors (Lipinski definition) is 0. The molecule has 0 fully saturated rings. The second kappa shape index (κ2) is 7.85. The fraction of sp³-hybridized carbons (Fsp3) is 0.143. The van der Waals surface area contributed by atoms with Crippen molar-refractivity contribution in [1.82, 2.24) is 14.6 Å². The highest BCUT2D eigenvalue weighted by Gasteiger charge is 2.28. The molecule has 2 aromatic carbocycles. The molecule has 148 valence electrons. The molecule has 0 radical (unpaired) electrons. The summed E-state index contributed by atoms with van der Waals surface area (Å²) in [6.07, 6.45) is 2.42. The van der Waals surface area contributed by atoms with E-state index in [0.29, 0.717) is 28.6 Å². The Kier molecular flexibility index (Phi) is 5.25. The predicted molar refractivity (Wildman–Crippen MR) is 114 cm³/mol. The summed E-state index contributed by atoms with van der Waals surface area (Å²) in [5, 5.41) is 8.82. The number of pyridine rings is 1. The number of hydrogen-bond acceptors (Lipinski definition) is 4. The first-order valence-electron chi connectivity index (χ1n) is 9.15. The van der Waals surface area contributed by atoms with Gasteiger partial charge in [-0.25, -0.2) is 8.42 Å². The van der Waals surface area contributed by atoms with Crippen LogP contribution >= 0.6 is 11.6 Å². The lowest BCUT2D eigenvalue weighted by Crippen LogP contribution is -2.31. The zero-order chi connectivity index (χ0) is 20.4. The van der Waals surface area contributed by atoms with Gasteiger partial charge in [-0.3, -0.25) is 8.71 Å². The molecule has 0 unspecified atom stereocenters. The lowest BCUT2D eigenvalue weighted by Gasteiger charge is -2.25. The van der Waals surface area contributed by atoms with Crippen LogP contribution in [0, 0.1) is 0 Å². The van der Waals surface area contributed by atoms with Crippen molar-refractivity contribution in [3.8, 4) is 0 Å². The van der Waals surface area contributed by atoms with Crippen LogP contribution in [-0.2, 0) is 23.0 Å². The van der Waals surface area contributed by atoms with Gasteiger partial charge in [-0.1, -0.05) is 48.9 Å². The standard InChI is InChI=1S/C21H19ClN4O2S/c1-2-20-23-24-21-19(12-7-13-25(20)21)29(27,28)26(18-10-4-3-5-11-18)15-16-8-6-9-17(22)14-16/h3-14H,2,15H2,1H3. The van der Waals surface area contributed by atoms with Crippen LogP contribution in [0.2, 0.25) is 5.02 Å². The average Bonchev–Trinajstić information content (AvgIpc) is 3.16. The molecule has 0 aliphatic heterocycles. The molecule has 0 aliphatic carbocycles. The van der Waals surface area contributed by atoms with Crippen molar-refractivity contribution in [1.29, 1.82) is 0 Å². The van der Waals surface area contributed by atoms with Crippen LogP contribution in [0.1, 0.15) is 18.3 Å². The van der Waals surface area contributed by atoms with Crippen molar-refractivity contribution < 1.29 is 8.42 Å². The minimum Gasteiger partial charge on any atom is -0.285 e. The summed E-state index contributed by atoms with van der Waals surface area (Å²) in [4.78, 5) is 0.109. The highest BCUT2D eigenvalue weighted by molar-refractivity contribution is 7.93. The number of rotatable bonds is 6. The molecule has 0 aliphatic rings. The third kappa shape index (κ3) is 3.71. The van der Waals surface area contributed by atoms with Crippen LogP contribution < -0.4 is 4.31 Å². The van der Waals surface area contributed by atoms with Gasteiger partial charge < -0.3 is 0 Å². The number of aryl methyl sites for hydroxylation is 1. The minimum atomic E-state index is -3.92. The van der Waals surface area contributed by atoms with E-state index in [2.05, 4.69) is 10.2 Å². The third-order valence-electron chi connectivity index (χ3n) is 4.61. The second-order valence-corrected chi connectivity index (χ2v) is 8.78. The number of benzene rings is 2. The zero-order valence-electron chi connectivity index (χ0n) is 15.7. The summed E-state index contributed by atoms with van der Waals surface area (Å²) in [6, 6.07) is 19.4. The molecule has 0 bridgehead atoms. The Balaban J connectivity index is 1.87. The van der Waals surface area contributed by atoms with E-state index in [9.17, 15) is 8.42 Å². The molecule has 0 saturated heterocycles. The van der Waals surface area contributed by atoms with E-state index in [1.54, 1.807) is 53.1 Å². The highest BCUT2D eigenvalue weighted by atomic mass is 35.5. The molecule has 2 aromatic heterocycles. The Morgan fingerprint density at radius 3 is 2.52 bits per heavy atom. The quantitative estimate of drug-likeness (QED) is 0.460. The van der Waals surface area contributed by atoms with Gasteiger partial charge in [-0.2, -0.15) is 0 Å². The molecule has 0 saturated carbocycles. The van der Waals surface area contributed by atoms with Crippen molar-refractivity contribution >= 4 is 33.0 Å². The first-order valence-corrected chi connectivity index (χ1v) is 11.0. The molecule has 0 N–H and O–H groups in total. The Morgan fingerprint density at radius 1 is 1.00 bits per heavy atom. The number of anilines is 1. The summed E-state index contributed by atoms with van der Waals surface area (Å²) in [6.45, 7) is 2.09. The van der Waals surface area contributed by atoms with Gasteiger partial charge in [0.2, 0.25) is 0 Å². The minimum absolute atomic E-state index is 0.109. The molecule has 4 rings (SSSR count). The molecule has 0 atom stereocenters. The van der Waals surface area contributed by atoms with Gasteiger partial charge in [0.05, 0.1) is 12.2 Å². The Hall–Kier alpha value is -2.90.